The molecule has 1 amide bonds. The molecule has 1 aromatic carbocycles. The topological polar surface area (TPSA) is 84.9 Å². The van der Waals surface area contributed by atoms with E-state index in [2.05, 4.69) is 10.1 Å². The number of ether oxygens (including phenoxy) is 2. The number of benzene rings is 1. The molecule has 2 N–H and O–H groups in total. The molecule has 0 aliphatic carbocycles. The van der Waals surface area contributed by atoms with E-state index in [1.54, 1.807) is 24.3 Å². The number of carbonyl (C=O) groups is 2. The lowest BCUT2D eigenvalue weighted by atomic mass is 10.0. The summed E-state index contributed by atoms with van der Waals surface area (Å²) in [6.45, 7) is 0. The van der Waals surface area contributed by atoms with Crippen molar-refractivity contribution in [3.63, 3.8) is 0 Å². The second-order valence-corrected chi connectivity index (χ2v) is 4.19. The highest BCUT2D eigenvalue weighted by atomic mass is 35.5. The lowest BCUT2D eigenvalue weighted by Gasteiger charge is -2.22. The Morgan fingerprint density at radius 3 is 2.35 bits per heavy atom. The third kappa shape index (κ3) is 4.11. The summed E-state index contributed by atoms with van der Waals surface area (Å²) in [5.74, 6) is -1.04. The van der Waals surface area contributed by atoms with E-state index in [-0.39, 0.29) is 5.88 Å². The van der Waals surface area contributed by atoms with Gasteiger partial charge in [-0.1, -0.05) is 12.1 Å². The molecule has 0 heterocycles. The van der Waals surface area contributed by atoms with Crippen molar-refractivity contribution < 1.29 is 24.2 Å². The van der Waals surface area contributed by atoms with Crippen LogP contribution in [0.15, 0.2) is 24.3 Å². The van der Waals surface area contributed by atoms with Gasteiger partial charge in [-0.15, -0.1) is 11.6 Å². The normalized spacial score (nSPS) is 13.2. The molecule has 7 heteroatoms. The molecular formula is C13H16ClNO5. The fraction of sp³-hybridized carbons (Fsp3) is 0.385. The number of aliphatic hydroxyl groups excluding tert-OH is 1. The molecule has 0 spiro atoms. The van der Waals surface area contributed by atoms with Gasteiger partial charge >= 0.3 is 5.97 Å². The van der Waals surface area contributed by atoms with Crippen LogP contribution in [0.2, 0.25) is 0 Å². The van der Waals surface area contributed by atoms with Crippen LogP contribution >= 0.6 is 11.6 Å². The summed E-state index contributed by atoms with van der Waals surface area (Å²) in [7, 11) is 2.69. The molecule has 1 rings (SSSR count). The highest BCUT2D eigenvalue weighted by Gasteiger charge is 2.30. The second-order valence-electron chi connectivity index (χ2n) is 3.92. The van der Waals surface area contributed by atoms with Crippen molar-refractivity contribution in [2.75, 3.05) is 20.1 Å². The van der Waals surface area contributed by atoms with E-state index in [9.17, 15) is 14.7 Å². The third-order valence-corrected chi connectivity index (χ3v) is 2.91. The summed E-state index contributed by atoms with van der Waals surface area (Å²) in [4.78, 5) is 22.9. The number of esters is 1. The molecule has 6 nitrogen and oxygen atoms in total. The number of amides is 1. The third-order valence-electron chi connectivity index (χ3n) is 2.67. The molecule has 0 aliphatic rings. The fourth-order valence-corrected chi connectivity index (χ4v) is 1.68. The molecular weight excluding hydrogens is 286 g/mol. The standard InChI is InChI=1S/C13H16ClNO5/c1-19-9-5-3-8(4-6-9)12(17)11(13(18)20-2)15-10(16)7-14/h3-6,11-12,17H,7H2,1-2H3,(H,15,16). The monoisotopic (exact) mass is 301 g/mol. The van der Waals surface area contributed by atoms with Gasteiger partial charge in [0.25, 0.3) is 0 Å². The first-order chi connectivity index (χ1) is 9.53. The van der Waals surface area contributed by atoms with E-state index in [1.807, 2.05) is 0 Å². The molecule has 2 unspecified atom stereocenters. The van der Waals surface area contributed by atoms with Gasteiger partial charge in [-0.05, 0) is 17.7 Å². The number of rotatable bonds is 6. The molecule has 110 valence electrons. The second kappa shape index (κ2) is 7.72. The maximum Gasteiger partial charge on any atom is 0.331 e. The van der Waals surface area contributed by atoms with Gasteiger partial charge in [-0.2, -0.15) is 0 Å². The van der Waals surface area contributed by atoms with Crippen LogP contribution in [-0.2, 0) is 14.3 Å². The van der Waals surface area contributed by atoms with Crippen LogP contribution < -0.4 is 10.1 Å². The number of hydrogen-bond donors (Lipinski definition) is 2. The van der Waals surface area contributed by atoms with Gasteiger partial charge in [0, 0.05) is 0 Å². The van der Waals surface area contributed by atoms with Gasteiger partial charge < -0.3 is 19.9 Å². The minimum atomic E-state index is -1.25. The maximum absolute atomic E-state index is 11.6. The van der Waals surface area contributed by atoms with Crippen LogP contribution in [0.4, 0.5) is 0 Å². The maximum atomic E-state index is 11.6. The van der Waals surface area contributed by atoms with E-state index in [0.29, 0.717) is 11.3 Å². The fourth-order valence-electron chi connectivity index (χ4n) is 1.60. The first-order valence-corrected chi connectivity index (χ1v) is 6.32. The van der Waals surface area contributed by atoms with Crippen molar-refractivity contribution in [2.45, 2.75) is 12.1 Å². The molecule has 2 atom stereocenters. The summed E-state index contributed by atoms with van der Waals surface area (Å²) in [5, 5.41) is 12.5. The van der Waals surface area contributed by atoms with Crippen LogP contribution in [0.25, 0.3) is 0 Å². The molecule has 0 fully saturated rings. The molecule has 0 aromatic heterocycles. The summed E-state index contributed by atoms with van der Waals surface area (Å²) < 4.78 is 9.56. The van der Waals surface area contributed by atoms with Gasteiger partial charge in [0.1, 0.15) is 17.7 Å². The Labute approximate surface area is 121 Å². The van der Waals surface area contributed by atoms with Crippen molar-refractivity contribution in [3.05, 3.63) is 29.8 Å². The number of halogens is 1. The first-order valence-electron chi connectivity index (χ1n) is 5.78. The van der Waals surface area contributed by atoms with Gasteiger partial charge in [-0.25, -0.2) is 4.79 Å². The smallest absolute Gasteiger partial charge is 0.331 e. The minimum absolute atomic E-state index is 0.317. The van der Waals surface area contributed by atoms with Gasteiger partial charge in [0.15, 0.2) is 6.04 Å². The highest BCUT2D eigenvalue weighted by Crippen LogP contribution is 2.21. The summed E-state index contributed by atoms with van der Waals surface area (Å²) in [6, 6.07) is 5.23. The van der Waals surface area contributed by atoms with E-state index in [1.165, 1.54) is 14.2 Å². The Hall–Kier alpha value is -1.79. The average Bonchev–Trinajstić information content (AvgIpc) is 2.50. The molecule has 0 aliphatic heterocycles. The van der Waals surface area contributed by atoms with Gasteiger partial charge in [-0.3, -0.25) is 4.79 Å². The Bertz CT molecular complexity index is 462. The zero-order chi connectivity index (χ0) is 15.1. The SMILES string of the molecule is COC(=O)C(NC(=O)CCl)C(O)c1ccc(OC)cc1. The Balaban J connectivity index is 2.93. The van der Waals surface area contributed by atoms with Crippen LogP contribution in [0.5, 0.6) is 5.75 Å². The average molecular weight is 302 g/mol. The van der Waals surface area contributed by atoms with Crippen molar-refractivity contribution in [1.29, 1.82) is 0 Å². The van der Waals surface area contributed by atoms with Crippen LogP contribution in [0.3, 0.4) is 0 Å². The molecule has 0 bridgehead atoms. The Morgan fingerprint density at radius 2 is 1.90 bits per heavy atom. The van der Waals surface area contributed by atoms with Gasteiger partial charge in [0.05, 0.1) is 14.2 Å². The van der Waals surface area contributed by atoms with Crippen molar-refractivity contribution in [3.8, 4) is 5.75 Å². The van der Waals surface area contributed by atoms with Crippen LogP contribution in [0.1, 0.15) is 11.7 Å². The van der Waals surface area contributed by atoms with Crippen molar-refractivity contribution in [2.24, 2.45) is 0 Å². The van der Waals surface area contributed by atoms with Crippen LogP contribution in [0, 0.1) is 0 Å². The number of hydrogen-bond acceptors (Lipinski definition) is 5. The summed E-state index contributed by atoms with van der Waals surface area (Å²) >= 11 is 5.37. The number of methoxy groups -OCH3 is 2. The zero-order valence-electron chi connectivity index (χ0n) is 11.1. The highest BCUT2D eigenvalue weighted by molar-refractivity contribution is 6.27. The van der Waals surface area contributed by atoms with Crippen molar-refractivity contribution in [1.82, 2.24) is 5.32 Å². The van der Waals surface area contributed by atoms with E-state index < -0.39 is 24.0 Å². The van der Waals surface area contributed by atoms with Crippen molar-refractivity contribution >= 4 is 23.5 Å². The number of alkyl halides is 1. The Kier molecular flexibility index (Phi) is 6.27. The molecule has 0 saturated carbocycles. The predicted octanol–water partition coefficient (Wildman–Crippen LogP) is 0.625. The van der Waals surface area contributed by atoms with E-state index in [4.69, 9.17) is 16.3 Å². The first kappa shape index (κ1) is 16.3. The quantitative estimate of drug-likeness (QED) is 0.594. The predicted molar refractivity (Wildman–Crippen MR) is 72.6 cm³/mol. The molecule has 0 radical (unpaired) electrons. The number of carbonyl (C=O) groups excluding carboxylic acids is 2. The minimum Gasteiger partial charge on any atom is -0.497 e. The van der Waals surface area contributed by atoms with Crippen LogP contribution in [-0.4, -0.2) is 43.1 Å². The number of nitrogens with one attached hydrogen (secondary N) is 1. The Morgan fingerprint density at radius 1 is 1.30 bits per heavy atom. The zero-order valence-corrected chi connectivity index (χ0v) is 11.9. The van der Waals surface area contributed by atoms with Gasteiger partial charge in [0.2, 0.25) is 5.91 Å². The molecule has 0 saturated heterocycles. The van der Waals surface area contributed by atoms with E-state index in [0.717, 1.165) is 0 Å². The largest absolute Gasteiger partial charge is 0.497 e. The lowest BCUT2D eigenvalue weighted by molar-refractivity contribution is -0.148. The van der Waals surface area contributed by atoms with E-state index >= 15 is 0 Å². The molecule has 20 heavy (non-hydrogen) atoms. The summed E-state index contributed by atoms with van der Waals surface area (Å²) in [6.07, 6.45) is -1.25. The summed E-state index contributed by atoms with van der Waals surface area (Å²) in [5.41, 5.74) is 0.441. The number of aliphatic hydroxyl groups is 1. The molecule has 1 aromatic rings. The lowest BCUT2D eigenvalue weighted by Crippen LogP contribution is -2.46.